The number of rotatable bonds is 6. The molecule has 1 saturated carbocycles. The number of aliphatic carboxylic acids is 1. The molecule has 4 fully saturated rings. The van der Waals surface area contributed by atoms with Gasteiger partial charge in [0.15, 0.2) is 0 Å². The highest BCUT2D eigenvalue weighted by molar-refractivity contribution is 5.82. The predicted octanol–water partition coefficient (Wildman–Crippen LogP) is 5.71. The van der Waals surface area contributed by atoms with Crippen LogP contribution in [0.4, 0.5) is 0 Å². The third kappa shape index (κ3) is 6.25. The minimum absolute atomic E-state index is 0. The number of aromatic nitrogens is 2. The van der Waals surface area contributed by atoms with Gasteiger partial charge >= 0.3 is 5.97 Å². The molecule has 6 rings (SSSR count). The molecule has 236 valence electrons. The molecule has 0 spiro atoms. The number of carboxylic acids is 1. The van der Waals surface area contributed by atoms with E-state index in [1.807, 2.05) is 35.9 Å². The second-order valence-corrected chi connectivity index (χ2v) is 13.2. The Hall–Kier alpha value is -2.78. The lowest BCUT2D eigenvalue weighted by atomic mass is 9.74. The maximum absolute atomic E-state index is 14.5. The molecular weight excluding hydrogens is 544 g/mol. The van der Waals surface area contributed by atoms with Crippen LogP contribution in [-0.4, -0.2) is 74.2 Å². The van der Waals surface area contributed by atoms with Crippen LogP contribution in [-0.2, 0) is 14.3 Å². The smallest absolute Gasteiger partial charge is 0.323 e. The van der Waals surface area contributed by atoms with Crippen molar-refractivity contribution in [3.05, 3.63) is 40.3 Å². The summed E-state index contributed by atoms with van der Waals surface area (Å²) in [5.74, 6) is -0.754. The number of fused-ring (bicyclic) bond motifs is 3. The summed E-state index contributed by atoms with van der Waals surface area (Å²) in [4.78, 5) is 48.0. The van der Waals surface area contributed by atoms with E-state index < -0.39 is 18.6 Å². The number of carboxylic acid groups (broad SMARTS) is 1. The molecule has 43 heavy (non-hydrogen) atoms. The van der Waals surface area contributed by atoms with Crippen LogP contribution < -0.4 is 5.56 Å². The number of likely N-dealkylation sites (tertiary alicyclic amines) is 1. The Labute approximate surface area is 255 Å². The number of ether oxygens (including phenoxy) is 1. The molecule has 3 saturated heterocycles. The first-order chi connectivity index (χ1) is 20.4. The fraction of sp³-hybridized carbons (Fsp3) is 0.706. The van der Waals surface area contributed by atoms with Gasteiger partial charge in [0, 0.05) is 37.7 Å². The van der Waals surface area contributed by atoms with E-state index in [1.165, 1.54) is 37.0 Å². The molecule has 4 heterocycles. The average molecular weight is 595 g/mol. The van der Waals surface area contributed by atoms with E-state index in [4.69, 9.17) is 9.72 Å². The Bertz CT molecular complexity index is 1360. The zero-order valence-corrected chi connectivity index (χ0v) is 25.1. The third-order valence-electron chi connectivity index (χ3n) is 10.7. The molecule has 1 amide bonds. The molecule has 1 aromatic carbocycles. The van der Waals surface area contributed by atoms with E-state index in [-0.39, 0.29) is 24.9 Å². The summed E-state index contributed by atoms with van der Waals surface area (Å²) < 4.78 is 7.89. The number of carbonyl (C=O) groups is 2. The second kappa shape index (κ2) is 13.5. The van der Waals surface area contributed by atoms with Crippen LogP contribution in [0.3, 0.4) is 0 Å². The summed E-state index contributed by atoms with van der Waals surface area (Å²) >= 11 is 0. The maximum atomic E-state index is 14.5. The van der Waals surface area contributed by atoms with Crippen LogP contribution in [0.5, 0.6) is 0 Å². The van der Waals surface area contributed by atoms with Crippen molar-refractivity contribution in [1.82, 2.24) is 19.4 Å². The van der Waals surface area contributed by atoms with Crippen LogP contribution in [0, 0.1) is 5.92 Å². The Morgan fingerprint density at radius 1 is 0.953 bits per heavy atom. The Morgan fingerprint density at radius 3 is 2.51 bits per heavy atom. The third-order valence-corrected chi connectivity index (χ3v) is 10.7. The van der Waals surface area contributed by atoms with Crippen molar-refractivity contribution >= 4 is 22.9 Å². The van der Waals surface area contributed by atoms with Gasteiger partial charge in [-0.3, -0.25) is 19.3 Å². The molecule has 2 bridgehead atoms. The number of piperidine rings is 3. The van der Waals surface area contributed by atoms with Gasteiger partial charge in [0.1, 0.15) is 12.2 Å². The average Bonchev–Trinajstić information content (AvgIpc) is 2.96. The van der Waals surface area contributed by atoms with Gasteiger partial charge in [-0.2, -0.15) is 0 Å². The predicted molar refractivity (Wildman–Crippen MR) is 167 cm³/mol. The van der Waals surface area contributed by atoms with Crippen molar-refractivity contribution in [2.45, 2.75) is 134 Å². The number of hydrogen-bond acceptors (Lipinski definition) is 6. The number of benzene rings is 1. The van der Waals surface area contributed by atoms with E-state index in [1.54, 1.807) is 0 Å². The fourth-order valence-electron chi connectivity index (χ4n) is 8.68. The molecule has 6 unspecified atom stereocenters. The number of methoxy groups -OCH3 is 1. The highest BCUT2D eigenvalue weighted by Gasteiger charge is 2.46. The molecule has 4 aliphatic rings. The fourth-order valence-corrected chi connectivity index (χ4v) is 8.68. The number of para-hydroxylation sites is 2. The van der Waals surface area contributed by atoms with Crippen molar-refractivity contribution in [2.24, 2.45) is 5.92 Å². The number of amides is 1. The first-order valence-corrected chi connectivity index (χ1v) is 16.2. The van der Waals surface area contributed by atoms with Crippen LogP contribution in [0.1, 0.15) is 116 Å². The number of hydrogen-bond donors (Lipinski definition) is 1. The Kier molecular flexibility index (Phi) is 9.91. The second-order valence-electron chi connectivity index (χ2n) is 13.2. The molecule has 1 N–H and O–H groups in total. The van der Waals surface area contributed by atoms with E-state index in [9.17, 15) is 19.5 Å². The Morgan fingerprint density at radius 2 is 1.72 bits per heavy atom. The molecule has 2 aromatic rings. The lowest BCUT2D eigenvalue weighted by Gasteiger charge is -2.55. The van der Waals surface area contributed by atoms with E-state index in [2.05, 4.69) is 11.8 Å². The first kappa shape index (κ1) is 31.6. The van der Waals surface area contributed by atoms with Crippen molar-refractivity contribution in [1.29, 1.82) is 0 Å². The molecule has 1 aliphatic carbocycles. The molecule has 0 radical (unpaired) electrons. The molecule has 1 aromatic heterocycles. The number of carbonyl (C=O) groups excluding carboxylic acids is 1. The van der Waals surface area contributed by atoms with Crippen molar-refractivity contribution in [3.63, 3.8) is 0 Å². The SMILES string of the molecule is C.COC1CCCCC[C@H](N2C3CCC(C)C2CC(n2c(=O)c(C4CCCC(=O)N4CC(=O)O)nc4ccccc42)C3)C1. The topological polar surface area (TPSA) is 105 Å². The monoisotopic (exact) mass is 594 g/mol. The van der Waals surface area contributed by atoms with Crippen LogP contribution in [0.2, 0.25) is 0 Å². The molecule has 9 heteroatoms. The van der Waals surface area contributed by atoms with Crippen LogP contribution in [0.15, 0.2) is 29.1 Å². The number of nitrogens with zero attached hydrogens (tertiary/aromatic N) is 4. The summed E-state index contributed by atoms with van der Waals surface area (Å²) in [5, 5.41) is 9.55. The lowest BCUT2D eigenvalue weighted by molar-refractivity contribution is -0.148. The van der Waals surface area contributed by atoms with Gasteiger partial charge < -0.3 is 19.3 Å². The van der Waals surface area contributed by atoms with Gasteiger partial charge in [-0.05, 0) is 75.8 Å². The summed E-state index contributed by atoms with van der Waals surface area (Å²) in [6, 6.07) is 8.51. The standard InChI is InChI=1S/C33H46N4O5.CH4/c1-21-15-16-23-17-24(19-29(21)36(23)22-9-4-3-5-10-25(18-22)42-2)37-27-12-7-6-11-26(27)34-32(33(37)41)28-13-8-14-30(38)35(28)20-31(39)40;/h6-7,11-12,21-25,28-29H,3-5,8-10,13-20H2,1-2H3,(H,39,40);1H4/t21?,22-,23?,24?,25?,28?,29?;/m0./s1. The van der Waals surface area contributed by atoms with Gasteiger partial charge in [0.2, 0.25) is 5.91 Å². The minimum Gasteiger partial charge on any atom is -0.480 e. The quantitative estimate of drug-likeness (QED) is 0.457. The lowest BCUT2D eigenvalue weighted by Crippen LogP contribution is -2.60. The largest absolute Gasteiger partial charge is 0.480 e. The minimum atomic E-state index is -1.07. The summed E-state index contributed by atoms with van der Waals surface area (Å²) in [7, 11) is 1.86. The summed E-state index contributed by atoms with van der Waals surface area (Å²) in [6.45, 7) is 1.96. The van der Waals surface area contributed by atoms with Gasteiger partial charge in [0.25, 0.3) is 5.56 Å². The van der Waals surface area contributed by atoms with E-state index >= 15 is 0 Å². The normalized spacial score (nSPS) is 32.1. The van der Waals surface area contributed by atoms with Gasteiger partial charge in [-0.25, -0.2) is 4.98 Å². The first-order valence-electron chi connectivity index (χ1n) is 16.2. The van der Waals surface area contributed by atoms with E-state index in [0.29, 0.717) is 55.1 Å². The van der Waals surface area contributed by atoms with Crippen molar-refractivity contribution < 1.29 is 19.4 Å². The Balaban J connectivity index is 0.00000368. The molecule has 7 atom stereocenters. The zero-order valence-electron chi connectivity index (χ0n) is 25.1. The zero-order chi connectivity index (χ0) is 29.4. The summed E-state index contributed by atoms with van der Waals surface area (Å²) in [5.41, 5.74) is 1.70. The van der Waals surface area contributed by atoms with E-state index in [0.717, 1.165) is 43.1 Å². The molecular formula is C34H50N4O5. The van der Waals surface area contributed by atoms with Gasteiger partial charge in [-0.1, -0.05) is 45.7 Å². The van der Waals surface area contributed by atoms with Gasteiger partial charge in [-0.15, -0.1) is 0 Å². The van der Waals surface area contributed by atoms with Crippen LogP contribution >= 0.6 is 0 Å². The highest BCUT2D eigenvalue weighted by Crippen LogP contribution is 2.45. The van der Waals surface area contributed by atoms with Crippen molar-refractivity contribution in [2.75, 3.05) is 13.7 Å². The maximum Gasteiger partial charge on any atom is 0.323 e. The highest BCUT2D eigenvalue weighted by atomic mass is 16.5. The van der Waals surface area contributed by atoms with Gasteiger partial charge in [0.05, 0.1) is 23.2 Å². The molecule has 3 aliphatic heterocycles. The molecule has 9 nitrogen and oxygen atoms in total. The van der Waals surface area contributed by atoms with Crippen molar-refractivity contribution in [3.8, 4) is 0 Å². The van der Waals surface area contributed by atoms with Crippen LogP contribution in [0.25, 0.3) is 11.0 Å². The summed E-state index contributed by atoms with van der Waals surface area (Å²) in [6.07, 6.45) is 13.1.